The minimum Gasteiger partial charge on any atom is -0.315 e. The molecule has 4 heteroatoms. The molecule has 4 aromatic heterocycles. The van der Waals surface area contributed by atoms with E-state index >= 15 is 0 Å². The Balaban J connectivity index is 2.18. The number of hydrogen-bond donors (Lipinski definition) is 0. The molecular formula is C18H9N3S. The quantitative estimate of drug-likeness (QED) is 0.297. The number of aromatic nitrogens is 3. The van der Waals surface area contributed by atoms with Gasteiger partial charge in [-0.1, -0.05) is 18.2 Å². The number of nitrogens with zero attached hydrogens (tertiary/aromatic N) is 3. The van der Waals surface area contributed by atoms with Gasteiger partial charge in [0, 0.05) is 28.6 Å². The van der Waals surface area contributed by atoms with Crippen molar-refractivity contribution in [3.05, 3.63) is 54.3 Å². The molecule has 102 valence electrons. The molecule has 6 rings (SSSR count). The lowest BCUT2D eigenvalue weighted by Gasteiger charge is -2.12. The molecule has 0 amide bonds. The van der Waals surface area contributed by atoms with Gasteiger partial charge in [0.15, 0.2) is 0 Å². The summed E-state index contributed by atoms with van der Waals surface area (Å²) in [5, 5.41) is 5.01. The largest absolute Gasteiger partial charge is 0.315 e. The van der Waals surface area contributed by atoms with Gasteiger partial charge in [-0.15, -0.1) is 11.3 Å². The Bertz CT molecular complexity index is 1330. The number of rotatable bonds is 0. The summed E-state index contributed by atoms with van der Waals surface area (Å²) in [6, 6.07) is 12.9. The number of benzene rings is 2. The SMILES string of the molecule is c1ccc2c(c1)c1ccnc3c4ncsc4c4ccn2c4c13. The highest BCUT2D eigenvalue weighted by molar-refractivity contribution is 7.18. The lowest BCUT2D eigenvalue weighted by molar-refractivity contribution is 1.28. The number of pyridine rings is 2. The fourth-order valence-electron chi connectivity index (χ4n) is 3.69. The topological polar surface area (TPSA) is 30.2 Å². The molecule has 0 fully saturated rings. The van der Waals surface area contributed by atoms with Gasteiger partial charge in [0.2, 0.25) is 0 Å². The van der Waals surface area contributed by atoms with Gasteiger partial charge in [0.25, 0.3) is 0 Å². The Hall–Kier alpha value is -2.72. The Labute approximate surface area is 128 Å². The molecule has 0 aliphatic heterocycles. The third-order valence-corrected chi connectivity index (χ3v) is 5.42. The van der Waals surface area contributed by atoms with Crippen LogP contribution in [0.3, 0.4) is 0 Å². The monoisotopic (exact) mass is 299 g/mol. The van der Waals surface area contributed by atoms with Crippen LogP contribution in [-0.2, 0) is 0 Å². The second kappa shape index (κ2) is 3.54. The molecule has 0 saturated heterocycles. The number of thiazole rings is 1. The van der Waals surface area contributed by atoms with Crippen molar-refractivity contribution in [2.45, 2.75) is 0 Å². The minimum atomic E-state index is 1.01. The van der Waals surface area contributed by atoms with E-state index in [0.29, 0.717) is 0 Å². The zero-order valence-corrected chi connectivity index (χ0v) is 12.3. The first kappa shape index (κ1) is 10.9. The molecule has 0 unspecified atom stereocenters. The van der Waals surface area contributed by atoms with E-state index in [0.717, 1.165) is 11.0 Å². The molecule has 6 aromatic rings. The first-order chi connectivity index (χ1) is 10.9. The highest BCUT2D eigenvalue weighted by Gasteiger charge is 2.18. The van der Waals surface area contributed by atoms with E-state index < -0.39 is 0 Å². The lowest BCUT2D eigenvalue weighted by atomic mass is 10.0. The highest BCUT2D eigenvalue weighted by Crippen LogP contribution is 2.41. The van der Waals surface area contributed by atoms with Crippen molar-refractivity contribution in [3.63, 3.8) is 0 Å². The number of para-hydroxylation sites is 1. The molecule has 0 spiro atoms. The molecule has 0 atom stereocenters. The van der Waals surface area contributed by atoms with E-state index in [-0.39, 0.29) is 0 Å². The summed E-state index contributed by atoms with van der Waals surface area (Å²) in [6.07, 6.45) is 4.07. The predicted octanol–water partition coefficient (Wildman–Crippen LogP) is 4.84. The Morgan fingerprint density at radius 1 is 0.864 bits per heavy atom. The molecule has 4 heterocycles. The average Bonchev–Trinajstić information content (AvgIpc) is 3.21. The van der Waals surface area contributed by atoms with Crippen LogP contribution in [0.25, 0.3) is 48.3 Å². The fraction of sp³-hybridized carbons (Fsp3) is 0. The van der Waals surface area contributed by atoms with Gasteiger partial charge < -0.3 is 4.40 Å². The highest BCUT2D eigenvalue weighted by atomic mass is 32.1. The minimum absolute atomic E-state index is 1.01. The zero-order chi connectivity index (χ0) is 14.3. The maximum absolute atomic E-state index is 4.65. The Morgan fingerprint density at radius 2 is 1.82 bits per heavy atom. The van der Waals surface area contributed by atoms with Crippen molar-refractivity contribution in [1.82, 2.24) is 14.4 Å². The van der Waals surface area contributed by atoms with Gasteiger partial charge in [-0.3, -0.25) is 4.98 Å². The number of fused-ring (bicyclic) bond motifs is 6. The third kappa shape index (κ3) is 1.07. The lowest BCUT2D eigenvalue weighted by Crippen LogP contribution is -1.93. The summed E-state index contributed by atoms with van der Waals surface area (Å²) in [5.74, 6) is 0. The molecule has 2 aromatic carbocycles. The molecule has 22 heavy (non-hydrogen) atoms. The van der Waals surface area contributed by atoms with Crippen LogP contribution in [-0.4, -0.2) is 14.4 Å². The van der Waals surface area contributed by atoms with Gasteiger partial charge in [-0.25, -0.2) is 4.98 Å². The van der Waals surface area contributed by atoms with Crippen LogP contribution in [0.4, 0.5) is 0 Å². The fourth-order valence-corrected chi connectivity index (χ4v) is 4.51. The van der Waals surface area contributed by atoms with Crippen LogP contribution >= 0.6 is 11.3 Å². The van der Waals surface area contributed by atoms with Crippen LogP contribution in [0.5, 0.6) is 0 Å². The molecule has 0 radical (unpaired) electrons. The molecule has 0 aliphatic rings. The average molecular weight is 299 g/mol. The summed E-state index contributed by atoms with van der Waals surface area (Å²) >= 11 is 1.69. The number of hydrogen-bond acceptors (Lipinski definition) is 3. The van der Waals surface area contributed by atoms with Gasteiger partial charge in [0.05, 0.1) is 21.2 Å². The van der Waals surface area contributed by atoms with Gasteiger partial charge >= 0.3 is 0 Å². The van der Waals surface area contributed by atoms with Crippen molar-refractivity contribution in [2.24, 2.45) is 0 Å². The Morgan fingerprint density at radius 3 is 2.82 bits per heavy atom. The maximum atomic E-state index is 4.65. The Kier molecular flexibility index (Phi) is 1.76. The molecule has 0 aliphatic carbocycles. The normalized spacial score (nSPS) is 12.5. The van der Waals surface area contributed by atoms with E-state index in [4.69, 9.17) is 0 Å². The van der Waals surface area contributed by atoms with Gasteiger partial charge in [-0.05, 0) is 23.6 Å². The summed E-state index contributed by atoms with van der Waals surface area (Å²) in [6.45, 7) is 0. The van der Waals surface area contributed by atoms with Crippen LogP contribution in [0.1, 0.15) is 0 Å². The standard InChI is InChI=1S/C18H9N3S/c1-2-4-13-10(3-1)11-5-7-19-15-14(11)17-12(6-8-21(13)17)18-16(15)20-9-22-18/h1-9H. The predicted molar refractivity (Wildman–Crippen MR) is 92.1 cm³/mol. The van der Waals surface area contributed by atoms with E-state index in [1.54, 1.807) is 11.3 Å². The second-order valence-electron chi connectivity index (χ2n) is 5.58. The van der Waals surface area contributed by atoms with Crippen LogP contribution in [0, 0.1) is 0 Å². The summed E-state index contributed by atoms with van der Waals surface area (Å²) in [5.41, 5.74) is 6.44. The molecule has 0 saturated carbocycles. The van der Waals surface area contributed by atoms with Crippen molar-refractivity contribution in [1.29, 1.82) is 0 Å². The summed E-state index contributed by atoms with van der Waals surface area (Å²) in [7, 11) is 0. The van der Waals surface area contributed by atoms with Crippen LogP contribution < -0.4 is 0 Å². The molecule has 0 bridgehead atoms. The first-order valence-electron chi connectivity index (χ1n) is 7.18. The van der Waals surface area contributed by atoms with Crippen molar-refractivity contribution < 1.29 is 0 Å². The van der Waals surface area contributed by atoms with Crippen LogP contribution in [0.2, 0.25) is 0 Å². The third-order valence-electron chi connectivity index (χ3n) is 4.56. The van der Waals surface area contributed by atoms with E-state index in [1.807, 2.05) is 11.7 Å². The van der Waals surface area contributed by atoms with E-state index in [2.05, 4.69) is 57.0 Å². The summed E-state index contributed by atoms with van der Waals surface area (Å²) in [4.78, 5) is 9.23. The van der Waals surface area contributed by atoms with Crippen molar-refractivity contribution in [2.75, 3.05) is 0 Å². The molecule has 0 N–H and O–H groups in total. The second-order valence-corrected chi connectivity index (χ2v) is 6.43. The van der Waals surface area contributed by atoms with Gasteiger partial charge in [-0.2, -0.15) is 0 Å². The van der Waals surface area contributed by atoms with Crippen LogP contribution in [0.15, 0.2) is 54.3 Å². The van der Waals surface area contributed by atoms with Gasteiger partial charge in [0.1, 0.15) is 11.0 Å². The van der Waals surface area contributed by atoms with E-state index in [9.17, 15) is 0 Å². The maximum Gasteiger partial charge on any atom is 0.108 e. The molecular weight excluding hydrogens is 290 g/mol. The van der Waals surface area contributed by atoms with Crippen molar-refractivity contribution in [3.8, 4) is 0 Å². The van der Waals surface area contributed by atoms with Crippen molar-refractivity contribution >= 4 is 59.6 Å². The first-order valence-corrected chi connectivity index (χ1v) is 8.06. The zero-order valence-electron chi connectivity index (χ0n) is 11.4. The summed E-state index contributed by atoms with van der Waals surface area (Å²) < 4.78 is 3.52. The van der Waals surface area contributed by atoms with E-state index in [1.165, 1.54) is 37.3 Å². The smallest absolute Gasteiger partial charge is 0.108 e. The molecule has 3 nitrogen and oxygen atoms in total.